The van der Waals surface area contributed by atoms with E-state index in [9.17, 15) is 19.2 Å². The van der Waals surface area contributed by atoms with Gasteiger partial charge in [0.2, 0.25) is 5.91 Å². The minimum absolute atomic E-state index is 0.0705. The lowest BCUT2D eigenvalue weighted by molar-refractivity contribution is -0.161. The molecule has 0 saturated carbocycles. The largest absolute Gasteiger partial charge is 0.451 e. The van der Waals surface area contributed by atoms with Crippen molar-refractivity contribution < 1.29 is 23.9 Å². The summed E-state index contributed by atoms with van der Waals surface area (Å²) in [5.74, 6) is -0.939. The smallest absolute Gasteiger partial charge is 0.330 e. The van der Waals surface area contributed by atoms with Crippen molar-refractivity contribution in [3.05, 3.63) is 0 Å². The van der Waals surface area contributed by atoms with Crippen molar-refractivity contribution in [2.45, 2.75) is 50.6 Å². The Morgan fingerprint density at radius 2 is 2.17 bits per heavy atom. The molecule has 0 aromatic heterocycles. The van der Waals surface area contributed by atoms with Gasteiger partial charge in [0, 0.05) is 18.7 Å². The molecular weight excluding hydrogens is 322 g/mol. The number of hydrogen-bond acceptors (Lipinski definition) is 6. The highest BCUT2D eigenvalue weighted by Gasteiger charge is 2.53. The second-order valence-electron chi connectivity index (χ2n) is 5.69. The minimum Gasteiger partial charge on any atom is -0.451 e. The Morgan fingerprint density at radius 1 is 1.48 bits per heavy atom. The van der Waals surface area contributed by atoms with Gasteiger partial charge in [0.05, 0.1) is 4.87 Å². The number of amides is 4. The summed E-state index contributed by atoms with van der Waals surface area (Å²) in [4.78, 5) is 48.6. The first-order chi connectivity index (χ1) is 10.8. The lowest BCUT2D eigenvalue weighted by atomic mass is 10.2. The Hall–Kier alpha value is -1.77. The minimum atomic E-state index is -1.11. The predicted octanol–water partition coefficient (Wildman–Crippen LogP) is 0.218. The second kappa shape index (κ2) is 6.77. The molecule has 2 heterocycles. The van der Waals surface area contributed by atoms with Crippen molar-refractivity contribution in [3.63, 3.8) is 0 Å². The molecule has 8 nitrogen and oxygen atoms in total. The zero-order valence-electron chi connectivity index (χ0n) is 13.4. The summed E-state index contributed by atoms with van der Waals surface area (Å²) in [5.41, 5.74) is 0. The van der Waals surface area contributed by atoms with E-state index >= 15 is 0 Å². The number of carbonyl (C=O) groups excluding carboxylic acids is 4. The third-order valence-electron chi connectivity index (χ3n) is 3.95. The first-order valence-corrected chi connectivity index (χ1v) is 8.52. The quantitative estimate of drug-likeness (QED) is 0.708. The van der Waals surface area contributed by atoms with Gasteiger partial charge in [-0.3, -0.25) is 14.9 Å². The van der Waals surface area contributed by atoms with Gasteiger partial charge in [-0.2, -0.15) is 0 Å². The number of hydrogen-bond donors (Lipinski definition) is 2. The topological polar surface area (TPSA) is 105 Å². The van der Waals surface area contributed by atoms with E-state index in [1.165, 1.54) is 6.92 Å². The summed E-state index contributed by atoms with van der Waals surface area (Å²) in [5, 5.41) is 4.50. The van der Waals surface area contributed by atoms with E-state index in [0.29, 0.717) is 25.1 Å². The molecule has 2 N–H and O–H groups in total. The maximum atomic E-state index is 12.3. The van der Waals surface area contributed by atoms with Crippen LogP contribution in [0.5, 0.6) is 0 Å². The van der Waals surface area contributed by atoms with Crippen LogP contribution in [0.2, 0.25) is 0 Å². The van der Waals surface area contributed by atoms with Crippen molar-refractivity contribution in [1.82, 2.24) is 15.5 Å². The summed E-state index contributed by atoms with van der Waals surface area (Å²) in [6.07, 6.45) is 0.00765. The van der Waals surface area contributed by atoms with Gasteiger partial charge in [0.25, 0.3) is 5.91 Å². The van der Waals surface area contributed by atoms with Crippen molar-refractivity contribution in [2.75, 3.05) is 12.3 Å². The van der Waals surface area contributed by atoms with E-state index in [1.54, 1.807) is 23.6 Å². The average Bonchev–Trinajstić information content (AvgIpc) is 2.96. The number of ether oxygens (including phenoxy) is 1. The summed E-state index contributed by atoms with van der Waals surface area (Å²) >= 11 is 1.55. The van der Waals surface area contributed by atoms with Crippen LogP contribution in [0.1, 0.15) is 33.6 Å². The third kappa shape index (κ3) is 3.60. The summed E-state index contributed by atoms with van der Waals surface area (Å²) < 4.78 is 5.14. The number of rotatable bonds is 4. The Kier molecular flexibility index (Phi) is 5.18. The van der Waals surface area contributed by atoms with Crippen LogP contribution in [0.15, 0.2) is 0 Å². The van der Waals surface area contributed by atoms with Gasteiger partial charge in [0.1, 0.15) is 6.04 Å². The standard InChI is InChI=1S/C14H21N3O5S/c1-4-15-13(21)16-11(19)8(2)22-12(20)9-7-23-14(3)6-5-10(18)17(9)14/h8-9H,4-7H2,1-3H3,(H2,15,16,19,21). The number of urea groups is 1. The van der Waals surface area contributed by atoms with Gasteiger partial charge >= 0.3 is 12.0 Å². The normalized spacial score (nSPS) is 27.3. The molecule has 2 fully saturated rings. The van der Waals surface area contributed by atoms with E-state index in [-0.39, 0.29) is 10.8 Å². The molecule has 0 aromatic carbocycles. The van der Waals surface area contributed by atoms with E-state index in [4.69, 9.17) is 4.74 Å². The number of nitrogens with zero attached hydrogens (tertiary/aromatic N) is 1. The Bertz CT molecular complexity index is 541. The molecule has 3 atom stereocenters. The summed E-state index contributed by atoms with van der Waals surface area (Å²) in [6.45, 7) is 5.41. The zero-order valence-corrected chi connectivity index (χ0v) is 14.2. The molecule has 2 aliphatic rings. The zero-order chi connectivity index (χ0) is 17.2. The predicted molar refractivity (Wildman–Crippen MR) is 83.5 cm³/mol. The number of fused-ring (bicyclic) bond motifs is 1. The molecule has 4 amide bonds. The molecule has 0 radical (unpaired) electrons. The fourth-order valence-corrected chi connectivity index (χ4v) is 4.14. The van der Waals surface area contributed by atoms with Crippen LogP contribution in [-0.2, 0) is 19.1 Å². The number of imide groups is 1. The van der Waals surface area contributed by atoms with E-state index < -0.39 is 30.1 Å². The molecule has 0 aromatic rings. The van der Waals surface area contributed by atoms with Gasteiger partial charge in [-0.15, -0.1) is 11.8 Å². The van der Waals surface area contributed by atoms with E-state index in [0.717, 1.165) is 0 Å². The van der Waals surface area contributed by atoms with Gasteiger partial charge in [0.15, 0.2) is 6.10 Å². The van der Waals surface area contributed by atoms with Gasteiger partial charge < -0.3 is 15.0 Å². The molecular formula is C14H21N3O5S. The molecule has 0 spiro atoms. The van der Waals surface area contributed by atoms with Crippen LogP contribution in [0.4, 0.5) is 4.79 Å². The molecule has 128 valence electrons. The molecule has 0 aliphatic carbocycles. The molecule has 3 unspecified atom stereocenters. The highest BCUT2D eigenvalue weighted by molar-refractivity contribution is 8.01. The second-order valence-corrected chi connectivity index (χ2v) is 7.19. The third-order valence-corrected chi connectivity index (χ3v) is 5.46. The molecule has 2 saturated heterocycles. The van der Waals surface area contributed by atoms with E-state index in [1.807, 2.05) is 6.92 Å². The van der Waals surface area contributed by atoms with E-state index in [2.05, 4.69) is 10.6 Å². The molecule has 23 heavy (non-hydrogen) atoms. The molecule has 2 aliphatic heterocycles. The Labute approximate surface area is 138 Å². The first-order valence-electron chi connectivity index (χ1n) is 7.54. The Morgan fingerprint density at radius 3 is 2.83 bits per heavy atom. The van der Waals surface area contributed by atoms with Crippen LogP contribution in [0.3, 0.4) is 0 Å². The first kappa shape index (κ1) is 17.6. The summed E-state index contributed by atoms with van der Waals surface area (Å²) in [6, 6.07) is -1.32. The van der Waals surface area contributed by atoms with Gasteiger partial charge in [-0.25, -0.2) is 9.59 Å². The molecule has 2 rings (SSSR count). The monoisotopic (exact) mass is 343 g/mol. The molecule has 9 heteroatoms. The van der Waals surface area contributed by atoms with Crippen LogP contribution >= 0.6 is 11.8 Å². The van der Waals surface area contributed by atoms with Crippen LogP contribution < -0.4 is 10.6 Å². The highest BCUT2D eigenvalue weighted by atomic mass is 32.2. The summed E-state index contributed by atoms with van der Waals surface area (Å²) in [7, 11) is 0. The number of thioether (sulfide) groups is 1. The van der Waals surface area contributed by atoms with Crippen molar-refractivity contribution in [2.24, 2.45) is 0 Å². The number of carbonyl (C=O) groups is 4. The SMILES string of the molecule is CCNC(=O)NC(=O)C(C)OC(=O)C1CSC2(C)CCC(=O)N12. The lowest BCUT2D eigenvalue weighted by Crippen LogP contribution is -2.49. The van der Waals surface area contributed by atoms with Crippen LogP contribution in [-0.4, -0.2) is 58.0 Å². The van der Waals surface area contributed by atoms with Crippen molar-refractivity contribution in [3.8, 4) is 0 Å². The van der Waals surface area contributed by atoms with Crippen LogP contribution in [0.25, 0.3) is 0 Å². The van der Waals surface area contributed by atoms with Gasteiger partial charge in [-0.1, -0.05) is 0 Å². The highest BCUT2D eigenvalue weighted by Crippen LogP contribution is 2.47. The fraction of sp³-hybridized carbons (Fsp3) is 0.714. The number of nitrogens with one attached hydrogen (secondary N) is 2. The van der Waals surface area contributed by atoms with Crippen LogP contribution in [0, 0.1) is 0 Å². The fourth-order valence-electron chi connectivity index (χ4n) is 2.72. The maximum absolute atomic E-state index is 12.3. The van der Waals surface area contributed by atoms with Gasteiger partial charge in [-0.05, 0) is 27.2 Å². The van der Waals surface area contributed by atoms with Crippen molar-refractivity contribution in [1.29, 1.82) is 0 Å². The Balaban J connectivity index is 1.93. The number of esters is 1. The average molecular weight is 343 g/mol. The lowest BCUT2D eigenvalue weighted by Gasteiger charge is -2.29. The van der Waals surface area contributed by atoms with Crippen molar-refractivity contribution >= 4 is 35.6 Å². The maximum Gasteiger partial charge on any atom is 0.330 e. The molecule has 0 bridgehead atoms.